The Kier molecular flexibility index (Phi) is 8.64. The molecule has 3 aliphatic heterocycles. The molecule has 0 saturated carbocycles. The Balaban J connectivity index is 0.997. The van der Waals surface area contributed by atoms with Gasteiger partial charge in [-0.25, -0.2) is 9.78 Å². The Hall–Kier alpha value is -4.77. The number of piperazine rings is 1. The number of piperidine rings is 2. The summed E-state index contributed by atoms with van der Waals surface area (Å²) in [6.45, 7) is 7.30. The van der Waals surface area contributed by atoms with Crippen molar-refractivity contribution < 1.29 is 18.8 Å². The summed E-state index contributed by atoms with van der Waals surface area (Å²) >= 11 is 0. The molecule has 1 N–H and O–H groups in total. The van der Waals surface area contributed by atoms with Crippen molar-refractivity contribution in [3.05, 3.63) is 76.8 Å². The molecule has 0 unspecified atom stereocenters. The fraction of sp³-hybridized carbons (Fsp3) is 0.417. The number of aromatic nitrogens is 2. The zero-order valence-electron chi connectivity index (χ0n) is 26.7. The summed E-state index contributed by atoms with van der Waals surface area (Å²) in [5.41, 5.74) is 4.61. The van der Waals surface area contributed by atoms with Crippen LogP contribution in [0.3, 0.4) is 0 Å². The number of oxazole rings is 1. The van der Waals surface area contributed by atoms with Gasteiger partial charge in [0.15, 0.2) is 5.58 Å². The Morgan fingerprint density at radius 1 is 0.745 bits per heavy atom. The Labute approximate surface area is 273 Å². The highest BCUT2D eigenvalue weighted by Gasteiger charge is 2.34. The van der Waals surface area contributed by atoms with Crippen LogP contribution in [0.1, 0.15) is 43.0 Å². The minimum Gasteiger partial charge on any atom is -0.408 e. The topological polar surface area (TPSA) is 123 Å². The number of hydrogen-bond acceptors (Lipinski definition) is 7. The lowest BCUT2D eigenvalue weighted by Crippen LogP contribution is -2.55. The molecule has 244 valence electrons. The van der Waals surface area contributed by atoms with Crippen LogP contribution in [0.15, 0.2) is 69.9 Å². The Morgan fingerprint density at radius 2 is 1.40 bits per heavy atom. The van der Waals surface area contributed by atoms with E-state index in [0.29, 0.717) is 60.3 Å². The lowest BCUT2D eigenvalue weighted by Gasteiger charge is -2.43. The zero-order chi connectivity index (χ0) is 32.5. The van der Waals surface area contributed by atoms with Crippen molar-refractivity contribution in [2.24, 2.45) is 5.92 Å². The van der Waals surface area contributed by atoms with Gasteiger partial charge in [-0.2, -0.15) is 0 Å². The van der Waals surface area contributed by atoms with Crippen molar-refractivity contribution in [3.63, 3.8) is 0 Å². The highest BCUT2D eigenvalue weighted by molar-refractivity contribution is 5.96. The maximum absolute atomic E-state index is 13.9. The molecule has 47 heavy (non-hydrogen) atoms. The number of aromatic amines is 1. The molecule has 5 heterocycles. The fourth-order valence-electron chi connectivity index (χ4n) is 7.29. The molecule has 3 saturated heterocycles. The standard InChI is InChI=1S/C36H40N6O5/c1-24(43)39-13-9-26(10-14-39)34(44)41-15-11-29(12-16-41)40-17-19-42(20-18-40)35(45)28-21-31(25-5-3-2-4-6-25)37-32(22-28)27-7-8-30-33(23-27)47-36(46)38-30/h2-8,21-23,26,29H,9-20H2,1H3,(H,38,46). The van der Waals surface area contributed by atoms with Gasteiger partial charge in [0.2, 0.25) is 11.8 Å². The van der Waals surface area contributed by atoms with E-state index in [1.807, 2.05) is 63.2 Å². The fourth-order valence-corrected chi connectivity index (χ4v) is 7.29. The summed E-state index contributed by atoms with van der Waals surface area (Å²) in [5, 5.41) is 0. The zero-order valence-corrected chi connectivity index (χ0v) is 26.7. The summed E-state index contributed by atoms with van der Waals surface area (Å²) in [6, 6.07) is 19.3. The van der Waals surface area contributed by atoms with Crippen LogP contribution in [0.5, 0.6) is 0 Å². The van der Waals surface area contributed by atoms with Gasteiger partial charge in [0, 0.05) is 87.9 Å². The quantitative estimate of drug-likeness (QED) is 0.353. The van der Waals surface area contributed by atoms with E-state index in [4.69, 9.17) is 9.40 Å². The molecule has 0 radical (unpaired) electrons. The number of carbonyl (C=O) groups excluding carboxylic acids is 3. The SMILES string of the molecule is CC(=O)N1CCC(C(=O)N2CCC(N3CCN(C(=O)c4cc(-c5ccccc5)nc(-c5ccc6[nH]c(=O)oc6c5)c4)CC3)CC2)CC1. The highest BCUT2D eigenvalue weighted by atomic mass is 16.4. The molecular formula is C36H40N6O5. The average molecular weight is 637 g/mol. The van der Waals surface area contributed by atoms with Crippen LogP contribution in [0.2, 0.25) is 0 Å². The third kappa shape index (κ3) is 6.58. The van der Waals surface area contributed by atoms with E-state index in [1.54, 1.807) is 19.1 Å². The van der Waals surface area contributed by atoms with E-state index in [9.17, 15) is 19.2 Å². The van der Waals surface area contributed by atoms with Crippen LogP contribution < -0.4 is 5.76 Å². The van der Waals surface area contributed by atoms with Crippen molar-refractivity contribution in [2.75, 3.05) is 52.4 Å². The number of rotatable bonds is 5. The molecule has 3 amide bonds. The summed E-state index contributed by atoms with van der Waals surface area (Å²) in [7, 11) is 0. The van der Waals surface area contributed by atoms with E-state index >= 15 is 0 Å². The Morgan fingerprint density at radius 3 is 2.09 bits per heavy atom. The molecule has 2 aromatic heterocycles. The van der Waals surface area contributed by atoms with Crippen molar-refractivity contribution in [1.82, 2.24) is 29.6 Å². The first-order valence-electron chi connectivity index (χ1n) is 16.6. The van der Waals surface area contributed by atoms with E-state index in [0.717, 1.165) is 63.0 Å². The number of hydrogen-bond donors (Lipinski definition) is 1. The molecule has 2 aromatic carbocycles. The van der Waals surface area contributed by atoms with Gasteiger partial charge in [-0.15, -0.1) is 0 Å². The van der Waals surface area contributed by atoms with Gasteiger partial charge in [-0.1, -0.05) is 36.4 Å². The number of nitrogens with zero attached hydrogens (tertiary/aromatic N) is 5. The maximum Gasteiger partial charge on any atom is 0.417 e. The van der Waals surface area contributed by atoms with E-state index in [2.05, 4.69) is 9.88 Å². The van der Waals surface area contributed by atoms with Gasteiger partial charge in [-0.3, -0.25) is 24.3 Å². The van der Waals surface area contributed by atoms with Crippen LogP contribution in [-0.2, 0) is 9.59 Å². The first kappa shape index (κ1) is 30.9. The normalized spacial score (nSPS) is 18.5. The van der Waals surface area contributed by atoms with Crippen molar-refractivity contribution in [2.45, 2.75) is 38.6 Å². The molecule has 11 nitrogen and oxygen atoms in total. The molecule has 3 aliphatic rings. The second-order valence-corrected chi connectivity index (χ2v) is 12.9. The number of likely N-dealkylation sites (tertiary alicyclic amines) is 2. The predicted molar refractivity (Wildman–Crippen MR) is 178 cm³/mol. The molecule has 4 aromatic rings. The number of H-pyrrole nitrogens is 1. The monoisotopic (exact) mass is 636 g/mol. The summed E-state index contributed by atoms with van der Waals surface area (Å²) in [4.78, 5) is 66.3. The van der Waals surface area contributed by atoms with Gasteiger partial charge in [0.1, 0.15) is 0 Å². The molecule has 3 fully saturated rings. The molecule has 0 aliphatic carbocycles. The first-order valence-corrected chi connectivity index (χ1v) is 16.6. The predicted octanol–water partition coefficient (Wildman–Crippen LogP) is 3.86. The number of carbonyl (C=O) groups is 3. The second-order valence-electron chi connectivity index (χ2n) is 12.9. The van der Waals surface area contributed by atoms with E-state index < -0.39 is 5.76 Å². The number of nitrogens with one attached hydrogen (secondary N) is 1. The maximum atomic E-state index is 13.9. The number of pyridine rings is 1. The summed E-state index contributed by atoms with van der Waals surface area (Å²) in [5.74, 6) is -0.198. The minimum atomic E-state index is -0.514. The lowest BCUT2D eigenvalue weighted by molar-refractivity contribution is -0.141. The van der Waals surface area contributed by atoms with Crippen molar-refractivity contribution >= 4 is 28.8 Å². The van der Waals surface area contributed by atoms with Crippen LogP contribution in [0.4, 0.5) is 0 Å². The van der Waals surface area contributed by atoms with Crippen molar-refractivity contribution in [3.8, 4) is 22.5 Å². The van der Waals surface area contributed by atoms with Crippen LogP contribution in [0, 0.1) is 5.92 Å². The minimum absolute atomic E-state index is 0.0186. The second kappa shape index (κ2) is 13.2. The largest absolute Gasteiger partial charge is 0.417 e. The molecule has 0 spiro atoms. The van der Waals surface area contributed by atoms with Crippen LogP contribution in [0.25, 0.3) is 33.6 Å². The van der Waals surface area contributed by atoms with Crippen LogP contribution >= 0.6 is 0 Å². The summed E-state index contributed by atoms with van der Waals surface area (Å²) in [6.07, 6.45) is 3.37. The van der Waals surface area contributed by atoms with Crippen LogP contribution in [-0.4, -0.2) is 106 Å². The number of fused-ring (bicyclic) bond motifs is 1. The van der Waals surface area contributed by atoms with Gasteiger partial charge < -0.3 is 19.1 Å². The van der Waals surface area contributed by atoms with E-state index in [1.165, 1.54) is 0 Å². The molecular weight excluding hydrogens is 596 g/mol. The molecule has 11 heteroatoms. The molecule has 7 rings (SSSR count). The third-order valence-corrected chi connectivity index (χ3v) is 10.0. The average Bonchev–Trinajstić information content (AvgIpc) is 3.50. The highest BCUT2D eigenvalue weighted by Crippen LogP contribution is 2.29. The lowest BCUT2D eigenvalue weighted by atomic mass is 9.93. The van der Waals surface area contributed by atoms with Gasteiger partial charge in [0.05, 0.1) is 16.9 Å². The van der Waals surface area contributed by atoms with E-state index in [-0.39, 0.29) is 23.6 Å². The smallest absolute Gasteiger partial charge is 0.408 e. The van der Waals surface area contributed by atoms with Gasteiger partial charge >= 0.3 is 5.76 Å². The summed E-state index contributed by atoms with van der Waals surface area (Å²) < 4.78 is 5.28. The number of amides is 3. The van der Waals surface area contributed by atoms with Crippen molar-refractivity contribution in [1.29, 1.82) is 0 Å². The molecule has 0 atom stereocenters. The molecule has 0 bridgehead atoms. The first-order chi connectivity index (χ1) is 22.8. The van der Waals surface area contributed by atoms with Gasteiger partial charge in [0.25, 0.3) is 5.91 Å². The third-order valence-electron chi connectivity index (χ3n) is 10.0. The van der Waals surface area contributed by atoms with Gasteiger partial charge in [-0.05, 0) is 49.9 Å². The Bertz CT molecular complexity index is 1830. The number of benzene rings is 2.